The molecule has 0 saturated heterocycles. The predicted octanol–water partition coefficient (Wildman–Crippen LogP) is 3.32. The molecule has 1 heterocycles. The lowest BCUT2D eigenvalue weighted by molar-refractivity contribution is 0.646. The van der Waals surface area contributed by atoms with Crippen molar-refractivity contribution in [3.8, 4) is 11.3 Å². The van der Waals surface area contributed by atoms with Crippen molar-refractivity contribution < 1.29 is 0 Å². The molecule has 124 valence electrons. The van der Waals surface area contributed by atoms with Gasteiger partial charge >= 0.3 is 0 Å². The van der Waals surface area contributed by atoms with Gasteiger partial charge in [-0.2, -0.15) is 0 Å². The Morgan fingerprint density at radius 3 is 2.70 bits per heavy atom. The molecule has 0 saturated carbocycles. The van der Waals surface area contributed by atoms with Crippen LogP contribution in [-0.4, -0.2) is 29.5 Å². The van der Waals surface area contributed by atoms with Gasteiger partial charge in [0.1, 0.15) is 5.82 Å². The second-order valence-electron chi connectivity index (χ2n) is 5.52. The molecule has 0 spiro atoms. The van der Waals surface area contributed by atoms with Crippen LogP contribution in [-0.2, 0) is 6.54 Å². The van der Waals surface area contributed by atoms with E-state index in [4.69, 9.17) is 0 Å². The van der Waals surface area contributed by atoms with E-state index < -0.39 is 0 Å². The normalized spacial score (nSPS) is 11.5. The third-order valence-corrected chi connectivity index (χ3v) is 3.68. The van der Waals surface area contributed by atoms with E-state index in [0.717, 1.165) is 29.6 Å². The van der Waals surface area contributed by atoms with Crippen LogP contribution < -0.4 is 10.6 Å². The van der Waals surface area contributed by atoms with Gasteiger partial charge in [-0.3, -0.25) is 4.99 Å². The summed E-state index contributed by atoms with van der Waals surface area (Å²) in [6.07, 6.45) is 6.86. The number of guanidine groups is 1. The molecular weight excluding hydrogens is 286 g/mol. The first-order valence-corrected chi connectivity index (χ1v) is 8.37. The molecular formula is C18H27N5. The third kappa shape index (κ3) is 5.77. The van der Waals surface area contributed by atoms with Crippen molar-refractivity contribution in [2.24, 2.45) is 4.99 Å². The minimum Gasteiger partial charge on any atom is -0.356 e. The smallest absolute Gasteiger partial charge is 0.191 e. The van der Waals surface area contributed by atoms with Gasteiger partial charge in [-0.1, -0.05) is 56.5 Å². The van der Waals surface area contributed by atoms with Crippen molar-refractivity contribution in [3.63, 3.8) is 0 Å². The van der Waals surface area contributed by atoms with Gasteiger partial charge in [0, 0.05) is 13.6 Å². The van der Waals surface area contributed by atoms with Crippen molar-refractivity contribution in [2.45, 2.75) is 39.2 Å². The van der Waals surface area contributed by atoms with Crippen LogP contribution in [0, 0.1) is 0 Å². The van der Waals surface area contributed by atoms with Crippen molar-refractivity contribution in [3.05, 3.63) is 42.4 Å². The maximum absolute atomic E-state index is 4.42. The molecule has 3 N–H and O–H groups in total. The highest BCUT2D eigenvalue weighted by molar-refractivity contribution is 5.79. The molecule has 1 aromatic carbocycles. The molecule has 23 heavy (non-hydrogen) atoms. The molecule has 1 aromatic heterocycles. The van der Waals surface area contributed by atoms with Crippen molar-refractivity contribution in [1.82, 2.24) is 20.6 Å². The Morgan fingerprint density at radius 2 is 1.96 bits per heavy atom. The Labute approximate surface area is 138 Å². The van der Waals surface area contributed by atoms with Crippen LogP contribution in [0.3, 0.4) is 0 Å². The van der Waals surface area contributed by atoms with Gasteiger partial charge in [0.05, 0.1) is 18.4 Å². The summed E-state index contributed by atoms with van der Waals surface area (Å²) in [7, 11) is 1.79. The van der Waals surface area contributed by atoms with Gasteiger partial charge in [-0.15, -0.1) is 0 Å². The van der Waals surface area contributed by atoms with Crippen LogP contribution in [0.15, 0.2) is 41.5 Å². The molecule has 0 unspecified atom stereocenters. The lowest BCUT2D eigenvalue weighted by atomic mass is 10.2. The fourth-order valence-electron chi connectivity index (χ4n) is 2.36. The molecule has 0 aliphatic heterocycles. The summed E-state index contributed by atoms with van der Waals surface area (Å²) in [5.41, 5.74) is 2.18. The van der Waals surface area contributed by atoms with Gasteiger partial charge in [-0.25, -0.2) is 4.98 Å². The van der Waals surface area contributed by atoms with Crippen LogP contribution in [0.1, 0.15) is 38.4 Å². The fourth-order valence-corrected chi connectivity index (χ4v) is 2.36. The Kier molecular flexibility index (Phi) is 7.17. The zero-order valence-electron chi connectivity index (χ0n) is 14.1. The number of benzene rings is 1. The van der Waals surface area contributed by atoms with Gasteiger partial charge < -0.3 is 15.6 Å². The Balaban J connectivity index is 1.77. The quantitative estimate of drug-likeness (QED) is 0.398. The zero-order chi connectivity index (χ0) is 16.3. The predicted molar refractivity (Wildman–Crippen MR) is 96.4 cm³/mol. The first-order chi connectivity index (χ1) is 11.3. The summed E-state index contributed by atoms with van der Waals surface area (Å²) in [4.78, 5) is 12.0. The maximum Gasteiger partial charge on any atom is 0.191 e. The molecule has 0 radical (unpaired) electrons. The molecule has 2 rings (SSSR count). The molecule has 5 nitrogen and oxygen atoms in total. The summed E-state index contributed by atoms with van der Waals surface area (Å²) >= 11 is 0. The number of hydrogen-bond acceptors (Lipinski definition) is 2. The SMILES string of the molecule is CCCCCCNC(=NC)NCc1ncc(-c2ccccc2)[nH]1. The van der Waals surface area contributed by atoms with E-state index in [9.17, 15) is 0 Å². The number of nitrogens with one attached hydrogen (secondary N) is 3. The standard InChI is InChI=1S/C18H27N5/c1-3-4-5-9-12-20-18(19-2)22-14-17-21-13-16(23-17)15-10-7-6-8-11-15/h6-8,10-11,13H,3-5,9,12,14H2,1-2H3,(H,21,23)(H2,19,20,22). The van der Waals surface area contributed by atoms with Gasteiger partial charge in [0.2, 0.25) is 0 Å². The second kappa shape index (κ2) is 9.66. The number of unbranched alkanes of at least 4 members (excludes halogenated alkanes) is 3. The summed E-state index contributed by atoms with van der Waals surface area (Å²) in [5.74, 6) is 1.72. The minimum absolute atomic E-state index is 0.626. The lowest BCUT2D eigenvalue weighted by Crippen LogP contribution is -2.37. The number of nitrogens with zero attached hydrogens (tertiary/aromatic N) is 2. The maximum atomic E-state index is 4.42. The first kappa shape index (κ1) is 17.1. The Morgan fingerprint density at radius 1 is 1.13 bits per heavy atom. The second-order valence-corrected chi connectivity index (χ2v) is 5.52. The van der Waals surface area contributed by atoms with Crippen molar-refractivity contribution in [2.75, 3.05) is 13.6 Å². The zero-order valence-corrected chi connectivity index (χ0v) is 14.1. The first-order valence-electron chi connectivity index (χ1n) is 8.37. The average Bonchev–Trinajstić information content (AvgIpc) is 3.07. The van der Waals surface area contributed by atoms with Gasteiger partial charge in [0.25, 0.3) is 0 Å². The molecule has 0 atom stereocenters. The highest BCUT2D eigenvalue weighted by Gasteiger charge is 2.04. The van der Waals surface area contributed by atoms with E-state index in [1.807, 2.05) is 24.4 Å². The van der Waals surface area contributed by atoms with E-state index in [1.165, 1.54) is 25.7 Å². The van der Waals surface area contributed by atoms with Crippen LogP contribution in [0.2, 0.25) is 0 Å². The number of aliphatic imine (C=N–C) groups is 1. The number of H-pyrrole nitrogens is 1. The topological polar surface area (TPSA) is 65.1 Å². The van der Waals surface area contributed by atoms with Gasteiger partial charge in [-0.05, 0) is 12.0 Å². The number of hydrogen-bond donors (Lipinski definition) is 3. The van der Waals surface area contributed by atoms with E-state index in [2.05, 4.69) is 44.7 Å². The lowest BCUT2D eigenvalue weighted by Gasteiger charge is -2.10. The molecule has 0 aliphatic carbocycles. The average molecular weight is 313 g/mol. The van der Waals surface area contributed by atoms with E-state index >= 15 is 0 Å². The number of aromatic nitrogens is 2. The van der Waals surface area contributed by atoms with Crippen LogP contribution >= 0.6 is 0 Å². The Bertz CT molecular complexity index is 588. The highest BCUT2D eigenvalue weighted by Crippen LogP contribution is 2.15. The molecule has 0 bridgehead atoms. The van der Waals surface area contributed by atoms with E-state index in [0.29, 0.717) is 6.54 Å². The molecule has 0 fully saturated rings. The van der Waals surface area contributed by atoms with Crippen LogP contribution in [0.4, 0.5) is 0 Å². The Hall–Kier alpha value is -2.30. The summed E-state index contributed by atoms with van der Waals surface area (Å²) in [6.45, 7) is 3.80. The number of rotatable bonds is 8. The summed E-state index contributed by atoms with van der Waals surface area (Å²) < 4.78 is 0. The molecule has 0 amide bonds. The van der Waals surface area contributed by atoms with Crippen LogP contribution in [0.5, 0.6) is 0 Å². The fraction of sp³-hybridized carbons (Fsp3) is 0.444. The largest absolute Gasteiger partial charge is 0.356 e. The van der Waals surface area contributed by atoms with E-state index in [1.54, 1.807) is 7.05 Å². The van der Waals surface area contributed by atoms with Crippen molar-refractivity contribution in [1.29, 1.82) is 0 Å². The van der Waals surface area contributed by atoms with Gasteiger partial charge in [0.15, 0.2) is 5.96 Å². The number of imidazole rings is 1. The molecule has 0 aliphatic rings. The summed E-state index contributed by atoms with van der Waals surface area (Å²) in [5, 5.41) is 6.62. The molecule has 5 heteroatoms. The number of aromatic amines is 1. The summed E-state index contributed by atoms with van der Waals surface area (Å²) in [6, 6.07) is 10.2. The monoisotopic (exact) mass is 313 g/mol. The minimum atomic E-state index is 0.626. The van der Waals surface area contributed by atoms with Crippen LogP contribution in [0.25, 0.3) is 11.3 Å². The third-order valence-electron chi connectivity index (χ3n) is 3.68. The highest BCUT2D eigenvalue weighted by atomic mass is 15.2. The molecule has 2 aromatic rings. The van der Waals surface area contributed by atoms with Crippen molar-refractivity contribution >= 4 is 5.96 Å². The van der Waals surface area contributed by atoms with E-state index in [-0.39, 0.29) is 0 Å².